The molecule has 0 radical (unpaired) electrons. The lowest BCUT2D eigenvalue weighted by molar-refractivity contribution is -0.125. The van der Waals surface area contributed by atoms with Crippen LogP contribution in [-0.2, 0) is 16.1 Å². The Morgan fingerprint density at radius 1 is 1.12 bits per heavy atom. The van der Waals surface area contributed by atoms with E-state index >= 15 is 0 Å². The quantitative estimate of drug-likeness (QED) is 0.691. The van der Waals surface area contributed by atoms with Crippen LogP contribution in [0, 0.1) is 5.82 Å². The van der Waals surface area contributed by atoms with Crippen molar-refractivity contribution in [3.63, 3.8) is 0 Å². The number of hydrogen-bond donors (Lipinski definition) is 1. The van der Waals surface area contributed by atoms with Crippen molar-refractivity contribution >= 4 is 11.9 Å². The molecule has 26 heavy (non-hydrogen) atoms. The molecule has 1 heterocycles. The van der Waals surface area contributed by atoms with Gasteiger partial charge in [-0.15, -0.1) is 0 Å². The molecule has 7 heteroatoms. The van der Waals surface area contributed by atoms with Crippen molar-refractivity contribution in [1.29, 1.82) is 0 Å². The van der Waals surface area contributed by atoms with Crippen LogP contribution in [0.25, 0.3) is 0 Å². The van der Waals surface area contributed by atoms with Gasteiger partial charge in [-0.05, 0) is 49.2 Å². The Kier molecular flexibility index (Phi) is 7.20. The zero-order valence-electron chi connectivity index (χ0n) is 14.8. The van der Waals surface area contributed by atoms with Gasteiger partial charge in [-0.1, -0.05) is 13.8 Å². The van der Waals surface area contributed by atoms with Gasteiger partial charge in [0.1, 0.15) is 23.9 Å². The molecule has 0 saturated heterocycles. The molecule has 0 atom stereocenters. The van der Waals surface area contributed by atoms with Crippen LogP contribution in [0.15, 0.2) is 40.8 Å². The van der Waals surface area contributed by atoms with Crippen molar-refractivity contribution in [2.45, 2.75) is 39.3 Å². The van der Waals surface area contributed by atoms with Crippen molar-refractivity contribution in [3.8, 4) is 5.75 Å². The number of nitrogens with one attached hydrogen (secondary N) is 1. The Morgan fingerprint density at radius 3 is 2.46 bits per heavy atom. The van der Waals surface area contributed by atoms with Crippen LogP contribution in [0.4, 0.5) is 4.39 Å². The number of halogens is 1. The van der Waals surface area contributed by atoms with Gasteiger partial charge in [-0.3, -0.25) is 4.79 Å². The fourth-order valence-corrected chi connectivity index (χ4v) is 2.21. The summed E-state index contributed by atoms with van der Waals surface area (Å²) in [5.41, 5.74) is 0. The molecule has 1 aromatic carbocycles. The molecule has 1 N–H and O–H groups in total. The highest BCUT2D eigenvalue weighted by Crippen LogP contribution is 2.15. The number of benzene rings is 1. The van der Waals surface area contributed by atoms with Crippen LogP contribution in [0.5, 0.6) is 5.75 Å². The highest BCUT2D eigenvalue weighted by atomic mass is 19.1. The molecule has 140 valence electrons. The largest absolute Gasteiger partial charge is 0.486 e. The summed E-state index contributed by atoms with van der Waals surface area (Å²) in [6, 6.07) is 8.65. The van der Waals surface area contributed by atoms with Gasteiger partial charge >= 0.3 is 5.97 Å². The second-order valence-corrected chi connectivity index (χ2v) is 5.67. The van der Waals surface area contributed by atoms with Gasteiger partial charge in [0.2, 0.25) is 5.76 Å². The minimum atomic E-state index is -0.724. The van der Waals surface area contributed by atoms with Crippen LogP contribution < -0.4 is 10.1 Å². The summed E-state index contributed by atoms with van der Waals surface area (Å²) in [4.78, 5) is 23.7. The molecule has 0 aliphatic rings. The maximum absolute atomic E-state index is 12.8. The fraction of sp³-hybridized carbons (Fsp3) is 0.368. The molecule has 0 aliphatic carbocycles. The smallest absolute Gasteiger partial charge is 0.374 e. The number of carbonyl (C=O) groups excluding carboxylic acids is 2. The SMILES string of the molecule is CCC(CC)NC(=O)COC(=O)c1ccc(COc2ccc(F)cc2)o1. The summed E-state index contributed by atoms with van der Waals surface area (Å²) in [6.45, 7) is 3.66. The van der Waals surface area contributed by atoms with E-state index in [0.717, 1.165) is 12.8 Å². The zero-order chi connectivity index (χ0) is 18.9. The van der Waals surface area contributed by atoms with Gasteiger partial charge in [0, 0.05) is 6.04 Å². The monoisotopic (exact) mass is 363 g/mol. The lowest BCUT2D eigenvalue weighted by Gasteiger charge is -2.14. The maximum atomic E-state index is 12.8. The van der Waals surface area contributed by atoms with E-state index in [1.165, 1.54) is 30.3 Å². The topological polar surface area (TPSA) is 77.8 Å². The van der Waals surface area contributed by atoms with Crippen LogP contribution in [-0.4, -0.2) is 24.5 Å². The van der Waals surface area contributed by atoms with Gasteiger partial charge in [-0.2, -0.15) is 0 Å². The van der Waals surface area contributed by atoms with Crippen LogP contribution in [0.1, 0.15) is 43.0 Å². The number of furan rings is 1. The third-order valence-corrected chi connectivity index (χ3v) is 3.74. The summed E-state index contributed by atoms with van der Waals surface area (Å²) in [6.07, 6.45) is 1.62. The third-order valence-electron chi connectivity index (χ3n) is 3.74. The van der Waals surface area contributed by atoms with E-state index < -0.39 is 5.97 Å². The maximum Gasteiger partial charge on any atom is 0.374 e. The predicted molar refractivity (Wildman–Crippen MR) is 92.2 cm³/mol. The average molecular weight is 363 g/mol. The molecular formula is C19H22FNO5. The average Bonchev–Trinajstić information content (AvgIpc) is 3.13. The van der Waals surface area contributed by atoms with E-state index in [9.17, 15) is 14.0 Å². The number of hydrogen-bond acceptors (Lipinski definition) is 5. The summed E-state index contributed by atoms with van der Waals surface area (Å²) in [5.74, 6) is -0.560. The molecule has 0 bridgehead atoms. The Balaban J connectivity index is 1.79. The van der Waals surface area contributed by atoms with Gasteiger partial charge < -0.3 is 19.2 Å². The molecular weight excluding hydrogens is 341 g/mol. The molecule has 0 saturated carbocycles. The van der Waals surface area contributed by atoms with E-state index in [1.54, 1.807) is 6.07 Å². The van der Waals surface area contributed by atoms with E-state index in [2.05, 4.69) is 5.32 Å². The first-order chi connectivity index (χ1) is 12.5. The van der Waals surface area contributed by atoms with E-state index in [4.69, 9.17) is 13.9 Å². The second-order valence-electron chi connectivity index (χ2n) is 5.67. The molecule has 2 aromatic rings. The molecule has 6 nitrogen and oxygen atoms in total. The van der Waals surface area contributed by atoms with E-state index in [0.29, 0.717) is 11.5 Å². The van der Waals surface area contributed by atoms with Crippen molar-refractivity contribution in [2.24, 2.45) is 0 Å². The molecule has 2 rings (SSSR count). The molecule has 0 unspecified atom stereocenters. The van der Waals surface area contributed by atoms with Crippen molar-refractivity contribution in [1.82, 2.24) is 5.32 Å². The third kappa shape index (κ3) is 5.91. The molecule has 1 amide bonds. The number of rotatable bonds is 9. The Labute approximate surface area is 151 Å². The highest BCUT2D eigenvalue weighted by Gasteiger charge is 2.16. The Hall–Kier alpha value is -2.83. The van der Waals surface area contributed by atoms with E-state index in [1.807, 2.05) is 13.8 Å². The van der Waals surface area contributed by atoms with E-state index in [-0.39, 0.29) is 36.7 Å². The van der Waals surface area contributed by atoms with Gasteiger partial charge in [0.25, 0.3) is 5.91 Å². The predicted octanol–water partition coefficient (Wildman–Crippen LogP) is 3.46. The first-order valence-corrected chi connectivity index (χ1v) is 8.45. The first kappa shape index (κ1) is 19.5. The number of esters is 1. The fourth-order valence-electron chi connectivity index (χ4n) is 2.21. The molecule has 0 fully saturated rings. The minimum Gasteiger partial charge on any atom is -0.486 e. The van der Waals surface area contributed by atoms with Gasteiger partial charge in [-0.25, -0.2) is 9.18 Å². The van der Waals surface area contributed by atoms with Crippen LogP contribution >= 0.6 is 0 Å². The summed E-state index contributed by atoms with van der Waals surface area (Å²) in [7, 11) is 0. The van der Waals surface area contributed by atoms with Crippen LogP contribution in [0.3, 0.4) is 0 Å². The normalized spacial score (nSPS) is 10.6. The molecule has 0 spiro atoms. The zero-order valence-corrected chi connectivity index (χ0v) is 14.8. The number of amides is 1. The van der Waals surface area contributed by atoms with Gasteiger partial charge in [0.15, 0.2) is 6.61 Å². The standard InChI is InChI=1S/C19H22FNO5/c1-3-14(4-2)21-18(22)12-25-19(23)17-10-9-16(26-17)11-24-15-7-5-13(20)6-8-15/h5-10,14H,3-4,11-12H2,1-2H3,(H,21,22). The highest BCUT2D eigenvalue weighted by molar-refractivity contribution is 5.88. The molecule has 0 aliphatic heterocycles. The number of carbonyl (C=O) groups is 2. The second kappa shape index (κ2) is 9.60. The number of ether oxygens (including phenoxy) is 2. The Morgan fingerprint density at radius 2 is 1.81 bits per heavy atom. The van der Waals surface area contributed by atoms with Crippen molar-refractivity contribution in [2.75, 3.05) is 6.61 Å². The Bertz CT molecular complexity index is 722. The van der Waals surface area contributed by atoms with Crippen molar-refractivity contribution in [3.05, 3.63) is 53.7 Å². The lowest BCUT2D eigenvalue weighted by atomic mass is 10.2. The van der Waals surface area contributed by atoms with Crippen molar-refractivity contribution < 1.29 is 27.9 Å². The molecule has 1 aromatic heterocycles. The summed E-state index contributed by atoms with van der Waals surface area (Å²) >= 11 is 0. The minimum absolute atomic E-state index is 0.0157. The lowest BCUT2D eigenvalue weighted by Crippen LogP contribution is -2.36. The van der Waals surface area contributed by atoms with Gasteiger partial charge in [0.05, 0.1) is 0 Å². The van der Waals surface area contributed by atoms with Crippen LogP contribution in [0.2, 0.25) is 0 Å². The summed E-state index contributed by atoms with van der Waals surface area (Å²) < 4.78 is 28.5. The summed E-state index contributed by atoms with van der Waals surface area (Å²) in [5, 5.41) is 2.78. The first-order valence-electron chi connectivity index (χ1n) is 8.45.